The highest BCUT2D eigenvalue weighted by atomic mass is 32.9. The molecule has 1 aliphatic heterocycles. The van der Waals surface area contributed by atoms with Gasteiger partial charge in [-0.25, -0.2) is 5.09 Å². The quantitative estimate of drug-likeness (QED) is 0.664. The van der Waals surface area contributed by atoms with Gasteiger partial charge in [0.25, 0.3) is 0 Å². The van der Waals surface area contributed by atoms with E-state index < -0.39 is 11.7 Å². The average molecular weight is 317 g/mol. The van der Waals surface area contributed by atoms with Crippen molar-refractivity contribution < 1.29 is 14.1 Å². The van der Waals surface area contributed by atoms with Crippen LogP contribution >= 0.6 is 17.0 Å². The van der Waals surface area contributed by atoms with Crippen LogP contribution in [0.4, 0.5) is 0 Å². The first-order valence-corrected chi connectivity index (χ1v) is 10.2. The first kappa shape index (κ1) is 15.0. The van der Waals surface area contributed by atoms with Crippen molar-refractivity contribution in [2.24, 2.45) is 0 Å². The minimum absolute atomic E-state index is 0.302. The lowest BCUT2D eigenvalue weighted by Crippen LogP contribution is -2.36. The topological polar surface area (TPSA) is 47.6 Å². The maximum atomic E-state index is 11.9. The van der Waals surface area contributed by atoms with Gasteiger partial charge >= 0.3 is 5.97 Å². The van der Waals surface area contributed by atoms with Gasteiger partial charge in [0, 0.05) is 5.75 Å². The van der Waals surface area contributed by atoms with Crippen molar-refractivity contribution in [1.82, 2.24) is 5.09 Å². The molecule has 1 saturated heterocycles. The van der Waals surface area contributed by atoms with Crippen LogP contribution in [0.1, 0.15) is 5.56 Å². The van der Waals surface area contributed by atoms with E-state index in [1.165, 1.54) is 7.11 Å². The molecule has 1 aromatic rings. The van der Waals surface area contributed by atoms with Crippen molar-refractivity contribution in [2.45, 2.75) is 12.5 Å². The van der Waals surface area contributed by atoms with E-state index in [1.54, 1.807) is 11.4 Å². The molecule has 1 aromatic carbocycles. The second-order valence-electron chi connectivity index (χ2n) is 4.06. The zero-order valence-corrected chi connectivity index (χ0v) is 13.1. The van der Waals surface area contributed by atoms with Crippen molar-refractivity contribution in [2.75, 3.05) is 19.5 Å². The molecule has 7 heteroatoms. The molecule has 0 aromatic heterocycles. The summed E-state index contributed by atoms with van der Waals surface area (Å²) in [6, 6.07) is 9.35. The fraction of sp³-hybridized carbons (Fsp3) is 0.417. The summed E-state index contributed by atoms with van der Waals surface area (Å²) >= 11 is 7.06. The van der Waals surface area contributed by atoms with E-state index in [-0.39, 0.29) is 5.97 Å². The third-order valence-electron chi connectivity index (χ3n) is 2.69. The van der Waals surface area contributed by atoms with Gasteiger partial charge in [-0.3, -0.25) is 4.79 Å². The van der Waals surface area contributed by atoms with Crippen molar-refractivity contribution >= 4 is 34.8 Å². The maximum absolute atomic E-state index is 11.9. The number of hydrogen-bond acceptors (Lipinski definition) is 5. The molecule has 1 N–H and O–H groups in total. The lowest BCUT2D eigenvalue weighted by atomic mass is 10.1. The lowest BCUT2D eigenvalue weighted by molar-refractivity contribution is -0.142. The standard InChI is InChI=1S/C12H16NO3PS2/c1-15-12(14)11(9-10-5-3-2-4-6-10)13-17(18)16-7-8-19-17/h2-6,11H,7-9H2,1H3,(H,13,18). The van der Waals surface area contributed by atoms with Crippen LogP contribution < -0.4 is 5.09 Å². The Hall–Kier alpha value is -0.390. The average Bonchev–Trinajstić information content (AvgIpc) is 2.85. The van der Waals surface area contributed by atoms with Crippen molar-refractivity contribution in [1.29, 1.82) is 0 Å². The lowest BCUT2D eigenvalue weighted by Gasteiger charge is -2.22. The Labute approximate surface area is 122 Å². The SMILES string of the molecule is COC(=O)C(Cc1ccccc1)NP1(=S)OCCS1. The number of esters is 1. The molecule has 0 aliphatic carbocycles. The number of ether oxygens (including phenoxy) is 1. The van der Waals surface area contributed by atoms with Gasteiger partial charge in [0.15, 0.2) is 5.62 Å². The van der Waals surface area contributed by atoms with Crippen LogP contribution in [0.2, 0.25) is 0 Å². The number of methoxy groups -OCH3 is 1. The van der Waals surface area contributed by atoms with Gasteiger partial charge in [-0.15, -0.1) is 0 Å². The van der Waals surface area contributed by atoms with Gasteiger partial charge in [-0.05, 0) is 23.8 Å². The predicted octanol–water partition coefficient (Wildman–Crippen LogP) is 2.35. The van der Waals surface area contributed by atoms with Crippen LogP contribution in [-0.4, -0.2) is 31.5 Å². The number of carbonyl (C=O) groups is 1. The van der Waals surface area contributed by atoms with Crippen molar-refractivity contribution in [3.63, 3.8) is 0 Å². The van der Waals surface area contributed by atoms with E-state index >= 15 is 0 Å². The summed E-state index contributed by atoms with van der Waals surface area (Å²) in [7, 11) is 1.39. The summed E-state index contributed by atoms with van der Waals surface area (Å²) < 4.78 is 10.4. The van der Waals surface area contributed by atoms with Gasteiger partial charge in [0.2, 0.25) is 0 Å². The summed E-state index contributed by atoms with van der Waals surface area (Å²) in [5.74, 6) is 0.577. The molecule has 0 saturated carbocycles. The number of nitrogens with one attached hydrogen (secondary N) is 1. The van der Waals surface area contributed by atoms with E-state index in [0.717, 1.165) is 11.3 Å². The summed E-state index contributed by atoms with van der Waals surface area (Å²) in [6.45, 7) is 0.647. The van der Waals surface area contributed by atoms with Crippen molar-refractivity contribution in [3.8, 4) is 0 Å². The Balaban J connectivity index is 2.08. The van der Waals surface area contributed by atoms with E-state index in [1.807, 2.05) is 30.3 Å². The van der Waals surface area contributed by atoms with Crippen molar-refractivity contribution in [3.05, 3.63) is 35.9 Å². The molecule has 2 rings (SSSR count). The highest BCUT2D eigenvalue weighted by molar-refractivity contribution is 8.69. The molecule has 19 heavy (non-hydrogen) atoms. The van der Waals surface area contributed by atoms with Gasteiger partial charge < -0.3 is 9.26 Å². The Morgan fingerprint density at radius 2 is 2.32 bits per heavy atom. The monoisotopic (exact) mass is 317 g/mol. The summed E-state index contributed by atoms with van der Waals surface area (Å²) in [5, 5.41) is 3.18. The molecule has 0 bridgehead atoms. The summed E-state index contributed by atoms with van der Waals surface area (Å²) in [4.78, 5) is 11.9. The molecular formula is C12H16NO3PS2. The van der Waals surface area contributed by atoms with E-state index in [9.17, 15) is 4.79 Å². The third-order valence-corrected chi connectivity index (χ3v) is 8.31. The van der Waals surface area contributed by atoms with Crippen LogP contribution in [0, 0.1) is 0 Å². The predicted molar refractivity (Wildman–Crippen MR) is 81.8 cm³/mol. The highest BCUT2D eigenvalue weighted by Crippen LogP contribution is 2.60. The smallest absolute Gasteiger partial charge is 0.323 e. The minimum atomic E-state index is -2.13. The molecule has 1 fully saturated rings. The summed E-state index contributed by atoms with van der Waals surface area (Å²) in [5.41, 5.74) is -1.07. The molecule has 4 nitrogen and oxygen atoms in total. The zero-order chi connectivity index (χ0) is 13.7. The molecule has 2 unspecified atom stereocenters. The third kappa shape index (κ3) is 4.29. The van der Waals surface area contributed by atoms with Crippen LogP contribution in [-0.2, 0) is 32.3 Å². The molecule has 0 spiro atoms. The molecular weight excluding hydrogens is 301 g/mol. The van der Waals surface area contributed by atoms with E-state index in [4.69, 9.17) is 21.1 Å². The number of rotatable bonds is 5. The summed E-state index contributed by atoms with van der Waals surface area (Å²) in [6.07, 6.45) is 0.551. The fourth-order valence-corrected chi connectivity index (χ4v) is 6.72. The minimum Gasteiger partial charge on any atom is -0.468 e. The maximum Gasteiger partial charge on any atom is 0.323 e. The highest BCUT2D eigenvalue weighted by Gasteiger charge is 2.31. The molecule has 0 amide bonds. The first-order valence-electron chi connectivity index (χ1n) is 5.92. The largest absolute Gasteiger partial charge is 0.468 e. The van der Waals surface area contributed by atoms with Crippen LogP contribution in [0.15, 0.2) is 30.3 Å². The Bertz CT molecular complexity index is 473. The van der Waals surface area contributed by atoms with Gasteiger partial charge in [-0.1, -0.05) is 41.7 Å². The second kappa shape index (κ2) is 6.86. The number of benzene rings is 1. The Morgan fingerprint density at radius 1 is 1.58 bits per heavy atom. The molecule has 1 heterocycles. The molecule has 104 valence electrons. The zero-order valence-electron chi connectivity index (χ0n) is 10.6. The molecule has 0 radical (unpaired) electrons. The molecule has 2 atom stereocenters. The first-order chi connectivity index (χ1) is 9.13. The van der Waals surface area contributed by atoms with E-state index in [0.29, 0.717) is 13.0 Å². The number of carbonyl (C=O) groups excluding carboxylic acids is 1. The Morgan fingerprint density at radius 3 is 2.89 bits per heavy atom. The van der Waals surface area contributed by atoms with Crippen LogP contribution in [0.5, 0.6) is 0 Å². The Kier molecular flexibility index (Phi) is 5.42. The van der Waals surface area contributed by atoms with E-state index in [2.05, 4.69) is 5.09 Å². The molecule has 1 aliphatic rings. The van der Waals surface area contributed by atoms with Crippen LogP contribution in [0.25, 0.3) is 0 Å². The fourth-order valence-electron chi connectivity index (χ4n) is 1.79. The number of hydrogen-bond donors (Lipinski definition) is 1. The van der Waals surface area contributed by atoms with Crippen LogP contribution in [0.3, 0.4) is 0 Å². The van der Waals surface area contributed by atoms with Gasteiger partial charge in [0.05, 0.1) is 13.7 Å². The normalized spacial score (nSPS) is 24.1. The van der Waals surface area contributed by atoms with Gasteiger partial charge in [-0.2, -0.15) is 0 Å². The van der Waals surface area contributed by atoms with Gasteiger partial charge in [0.1, 0.15) is 6.04 Å². The second-order valence-corrected chi connectivity index (χ2v) is 10.8.